The highest BCUT2D eigenvalue weighted by Crippen LogP contribution is 2.28. The fraction of sp³-hybridized carbons (Fsp3) is 0.500. The first-order valence-electron chi connectivity index (χ1n) is 6.75. The fourth-order valence-corrected chi connectivity index (χ4v) is 2.89. The van der Waals surface area contributed by atoms with Gasteiger partial charge in [-0.1, -0.05) is 11.6 Å². The number of rotatable bonds is 5. The summed E-state index contributed by atoms with van der Waals surface area (Å²) in [5, 5.41) is 16.1. The lowest BCUT2D eigenvalue weighted by Gasteiger charge is -2.18. The quantitative estimate of drug-likeness (QED) is 0.690. The molecule has 0 aromatic heterocycles. The van der Waals surface area contributed by atoms with Crippen LogP contribution in [0.4, 0.5) is 0 Å². The average molecular weight is 414 g/mol. The predicted octanol–water partition coefficient (Wildman–Crippen LogP) is 1.99. The third-order valence-electron chi connectivity index (χ3n) is 3.41. The van der Waals surface area contributed by atoms with Crippen molar-refractivity contribution in [2.45, 2.75) is 19.1 Å². The summed E-state index contributed by atoms with van der Waals surface area (Å²) in [5.74, 6) is 0.393. The van der Waals surface area contributed by atoms with E-state index in [2.05, 4.69) is 26.6 Å². The smallest absolute Gasteiger partial charge is 0.260 e. The number of β-amino-alcohol motifs (C(OH)–C–C–N with tert-alkyl or cyclic N) is 1. The van der Waals surface area contributed by atoms with E-state index in [1.165, 1.54) is 0 Å². The van der Waals surface area contributed by atoms with Gasteiger partial charge in [0.15, 0.2) is 6.10 Å². The van der Waals surface area contributed by atoms with E-state index in [0.717, 1.165) is 0 Å². The number of benzene rings is 1. The third kappa shape index (κ3) is 5.28. The Hall–Kier alpha value is -0.530. The first-order chi connectivity index (χ1) is 9.97. The lowest BCUT2D eigenvalue weighted by molar-refractivity contribution is -0.127. The first kappa shape index (κ1) is 19.5. The summed E-state index contributed by atoms with van der Waals surface area (Å²) < 4.78 is 6.31. The minimum absolute atomic E-state index is 0. The molecule has 8 heteroatoms. The maximum atomic E-state index is 12.0. The summed E-state index contributed by atoms with van der Waals surface area (Å²) in [6, 6.07) is 5.12. The number of carbonyl (C=O) groups is 1. The molecule has 1 fully saturated rings. The summed E-state index contributed by atoms with van der Waals surface area (Å²) in [6.45, 7) is 3.39. The molecule has 1 aromatic carbocycles. The standard InChI is InChI=1S/C14H18BrClN2O3.ClH/c1-8(21-13-3-2-10(16)4-11(13)15)14(20)18-6-9-5-17-7-12(9)19;/h2-4,8-9,12,17,19H,5-7H2,1H3,(H,18,20);1H. The Bertz CT molecular complexity index is 519. The second-order valence-electron chi connectivity index (χ2n) is 5.07. The van der Waals surface area contributed by atoms with Crippen LogP contribution in [0.1, 0.15) is 6.92 Å². The number of carbonyl (C=O) groups excluding carboxylic acids is 1. The van der Waals surface area contributed by atoms with Crippen LogP contribution in [0.2, 0.25) is 5.02 Å². The van der Waals surface area contributed by atoms with E-state index in [0.29, 0.717) is 34.9 Å². The van der Waals surface area contributed by atoms with Crippen LogP contribution < -0.4 is 15.4 Å². The van der Waals surface area contributed by atoms with Crippen molar-refractivity contribution < 1.29 is 14.6 Å². The van der Waals surface area contributed by atoms with E-state index in [4.69, 9.17) is 16.3 Å². The van der Waals surface area contributed by atoms with Crippen LogP contribution in [0, 0.1) is 5.92 Å². The van der Waals surface area contributed by atoms with E-state index in [-0.39, 0.29) is 24.2 Å². The molecule has 1 aliphatic heterocycles. The fourth-order valence-electron chi connectivity index (χ4n) is 2.12. The van der Waals surface area contributed by atoms with Crippen molar-refractivity contribution in [1.29, 1.82) is 0 Å². The normalized spacial score (nSPS) is 21.8. The molecule has 2 rings (SSSR count). The summed E-state index contributed by atoms with van der Waals surface area (Å²) >= 11 is 9.20. The van der Waals surface area contributed by atoms with Gasteiger partial charge in [0.1, 0.15) is 5.75 Å². The molecule has 3 atom stereocenters. The van der Waals surface area contributed by atoms with Gasteiger partial charge in [-0.15, -0.1) is 12.4 Å². The Labute approximate surface area is 149 Å². The van der Waals surface area contributed by atoms with Crippen molar-refractivity contribution in [2.24, 2.45) is 5.92 Å². The van der Waals surface area contributed by atoms with Gasteiger partial charge in [-0.2, -0.15) is 0 Å². The van der Waals surface area contributed by atoms with Crippen LogP contribution in [0.5, 0.6) is 5.75 Å². The lowest BCUT2D eigenvalue weighted by Crippen LogP contribution is -2.41. The number of halogens is 3. The van der Waals surface area contributed by atoms with Crippen molar-refractivity contribution in [2.75, 3.05) is 19.6 Å². The molecule has 22 heavy (non-hydrogen) atoms. The summed E-state index contributed by atoms with van der Waals surface area (Å²) in [5.41, 5.74) is 0. The number of nitrogens with one attached hydrogen (secondary N) is 2. The third-order valence-corrected chi connectivity index (χ3v) is 4.26. The van der Waals surface area contributed by atoms with Crippen LogP contribution in [0.3, 0.4) is 0 Å². The van der Waals surface area contributed by atoms with Crippen molar-refractivity contribution in [3.05, 3.63) is 27.7 Å². The number of hydrogen-bond donors (Lipinski definition) is 3. The molecule has 3 unspecified atom stereocenters. The summed E-state index contributed by atoms with van der Waals surface area (Å²) in [7, 11) is 0. The highest BCUT2D eigenvalue weighted by molar-refractivity contribution is 9.10. The number of amides is 1. The molecule has 0 bridgehead atoms. The second-order valence-corrected chi connectivity index (χ2v) is 6.36. The van der Waals surface area contributed by atoms with E-state index < -0.39 is 12.2 Å². The van der Waals surface area contributed by atoms with E-state index >= 15 is 0 Å². The molecular weight excluding hydrogens is 395 g/mol. The van der Waals surface area contributed by atoms with Crippen LogP contribution in [-0.2, 0) is 4.79 Å². The van der Waals surface area contributed by atoms with Gasteiger partial charge < -0.3 is 20.5 Å². The van der Waals surface area contributed by atoms with Crippen molar-refractivity contribution in [1.82, 2.24) is 10.6 Å². The zero-order chi connectivity index (χ0) is 15.4. The lowest BCUT2D eigenvalue weighted by atomic mass is 10.1. The number of hydrogen-bond acceptors (Lipinski definition) is 4. The molecule has 124 valence electrons. The Balaban J connectivity index is 0.00000242. The van der Waals surface area contributed by atoms with Gasteiger partial charge in [0.2, 0.25) is 0 Å². The molecule has 1 saturated heterocycles. The van der Waals surface area contributed by atoms with Crippen molar-refractivity contribution in [3.63, 3.8) is 0 Å². The Morgan fingerprint density at radius 1 is 1.59 bits per heavy atom. The van der Waals surface area contributed by atoms with Gasteiger partial charge in [0.05, 0.1) is 10.6 Å². The monoisotopic (exact) mass is 412 g/mol. The van der Waals surface area contributed by atoms with Gasteiger partial charge in [-0.05, 0) is 41.1 Å². The molecule has 1 heterocycles. The minimum atomic E-state index is -0.631. The molecule has 5 nitrogen and oxygen atoms in total. The van der Waals surface area contributed by atoms with E-state index in [9.17, 15) is 9.90 Å². The van der Waals surface area contributed by atoms with Gasteiger partial charge in [0.25, 0.3) is 5.91 Å². The zero-order valence-corrected chi connectivity index (χ0v) is 15.2. The maximum absolute atomic E-state index is 12.0. The van der Waals surface area contributed by atoms with Crippen LogP contribution >= 0.6 is 39.9 Å². The Morgan fingerprint density at radius 3 is 2.91 bits per heavy atom. The maximum Gasteiger partial charge on any atom is 0.260 e. The highest BCUT2D eigenvalue weighted by Gasteiger charge is 2.26. The first-order valence-corrected chi connectivity index (χ1v) is 7.92. The highest BCUT2D eigenvalue weighted by atomic mass is 79.9. The molecule has 1 aromatic rings. The number of aliphatic hydroxyl groups is 1. The van der Waals surface area contributed by atoms with Gasteiger partial charge in [-0.25, -0.2) is 0 Å². The number of aliphatic hydroxyl groups excluding tert-OH is 1. The molecule has 0 spiro atoms. The van der Waals surface area contributed by atoms with Crippen molar-refractivity contribution in [3.8, 4) is 5.75 Å². The molecule has 0 radical (unpaired) electrons. The van der Waals surface area contributed by atoms with Gasteiger partial charge in [0, 0.05) is 30.6 Å². The molecule has 3 N–H and O–H groups in total. The molecule has 0 saturated carbocycles. The summed E-state index contributed by atoms with van der Waals surface area (Å²) in [4.78, 5) is 12.0. The molecular formula is C14H19BrCl2N2O3. The van der Waals surface area contributed by atoms with Crippen LogP contribution in [0.25, 0.3) is 0 Å². The molecule has 0 aliphatic carbocycles. The molecule has 1 amide bonds. The Morgan fingerprint density at radius 2 is 2.32 bits per heavy atom. The summed E-state index contributed by atoms with van der Waals surface area (Å²) in [6.07, 6.45) is -1.04. The Kier molecular flexibility index (Phi) is 7.93. The predicted molar refractivity (Wildman–Crippen MR) is 91.9 cm³/mol. The van der Waals surface area contributed by atoms with Crippen molar-refractivity contribution >= 4 is 45.8 Å². The van der Waals surface area contributed by atoms with Crippen LogP contribution in [0.15, 0.2) is 22.7 Å². The van der Waals surface area contributed by atoms with Crippen LogP contribution in [-0.4, -0.2) is 42.9 Å². The van der Waals surface area contributed by atoms with Gasteiger partial charge >= 0.3 is 0 Å². The zero-order valence-electron chi connectivity index (χ0n) is 12.0. The second kappa shape index (κ2) is 8.93. The minimum Gasteiger partial charge on any atom is -0.480 e. The topological polar surface area (TPSA) is 70.6 Å². The average Bonchev–Trinajstić information content (AvgIpc) is 2.84. The van der Waals surface area contributed by atoms with Gasteiger partial charge in [-0.3, -0.25) is 4.79 Å². The number of ether oxygens (including phenoxy) is 1. The van der Waals surface area contributed by atoms with E-state index in [1.807, 2.05) is 0 Å². The van der Waals surface area contributed by atoms with E-state index in [1.54, 1.807) is 25.1 Å². The molecule has 1 aliphatic rings. The largest absolute Gasteiger partial charge is 0.480 e. The SMILES string of the molecule is CC(Oc1ccc(Cl)cc1Br)C(=O)NCC1CNCC1O.Cl.